The van der Waals surface area contributed by atoms with E-state index in [4.69, 9.17) is 11.6 Å². The van der Waals surface area contributed by atoms with Crippen molar-refractivity contribution in [1.82, 2.24) is 30.3 Å². The Labute approximate surface area is 117 Å². The number of nitrogens with one attached hydrogen (secondary N) is 2. The van der Waals surface area contributed by atoms with Crippen LogP contribution in [0.1, 0.15) is 31.3 Å². The molecule has 0 bridgehead atoms. The molecule has 2 heterocycles. The molecule has 0 aliphatic carbocycles. The predicted octanol–water partition coefficient (Wildman–Crippen LogP) is 1.79. The summed E-state index contributed by atoms with van der Waals surface area (Å²) in [6.07, 6.45) is 6.75. The van der Waals surface area contributed by atoms with E-state index in [1.54, 1.807) is 10.9 Å². The fourth-order valence-corrected chi connectivity index (χ4v) is 1.99. The summed E-state index contributed by atoms with van der Waals surface area (Å²) in [5.74, 6) is 0.972. The van der Waals surface area contributed by atoms with Gasteiger partial charge in [0.05, 0.1) is 18.4 Å². The first-order valence-corrected chi connectivity index (χ1v) is 6.95. The standard InChI is InChI=1S/C12H19ClN6/c1-2-3-4-11-16-10(12(13)17-11)9-14-5-7-19-8-6-15-18-19/h6,8,14H,2-5,7,9H2,1H3,(H,16,17). The Morgan fingerprint density at radius 1 is 1.47 bits per heavy atom. The molecule has 0 amide bonds. The smallest absolute Gasteiger partial charge is 0.151 e. The normalized spacial score (nSPS) is 11.1. The third-order valence-electron chi connectivity index (χ3n) is 2.84. The average molecular weight is 283 g/mol. The third-order valence-corrected chi connectivity index (χ3v) is 3.15. The van der Waals surface area contributed by atoms with Gasteiger partial charge in [-0.15, -0.1) is 5.10 Å². The highest BCUT2D eigenvalue weighted by Gasteiger charge is 2.07. The van der Waals surface area contributed by atoms with E-state index >= 15 is 0 Å². The summed E-state index contributed by atoms with van der Waals surface area (Å²) in [6.45, 7) is 4.45. The summed E-state index contributed by atoms with van der Waals surface area (Å²) < 4.78 is 1.79. The molecule has 7 heteroatoms. The summed E-state index contributed by atoms with van der Waals surface area (Å²) >= 11 is 6.09. The summed E-state index contributed by atoms with van der Waals surface area (Å²) in [6, 6.07) is 0. The molecule has 0 saturated carbocycles. The Balaban J connectivity index is 1.74. The molecule has 2 N–H and O–H groups in total. The monoisotopic (exact) mass is 282 g/mol. The van der Waals surface area contributed by atoms with E-state index in [0.29, 0.717) is 11.7 Å². The van der Waals surface area contributed by atoms with E-state index in [1.807, 2.05) is 6.20 Å². The number of unbranched alkanes of at least 4 members (excludes halogenated alkanes) is 1. The maximum atomic E-state index is 6.09. The number of halogens is 1. The first-order chi connectivity index (χ1) is 9.29. The summed E-state index contributed by atoms with van der Waals surface area (Å²) in [4.78, 5) is 7.59. The molecule has 2 rings (SSSR count). The van der Waals surface area contributed by atoms with Crippen molar-refractivity contribution in [2.75, 3.05) is 6.54 Å². The maximum Gasteiger partial charge on any atom is 0.151 e. The lowest BCUT2D eigenvalue weighted by Gasteiger charge is -2.03. The first kappa shape index (κ1) is 14.0. The Bertz CT molecular complexity index is 478. The van der Waals surface area contributed by atoms with Crippen LogP contribution in [0, 0.1) is 0 Å². The number of nitrogens with zero attached hydrogens (tertiary/aromatic N) is 4. The zero-order valence-electron chi connectivity index (χ0n) is 11.1. The minimum Gasteiger partial charge on any atom is -0.344 e. The van der Waals surface area contributed by atoms with Gasteiger partial charge in [0.1, 0.15) is 5.82 Å². The summed E-state index contributed by atoms with van der Waals surface area (Å²) in [5, 5.41) is 11.5. The molecule has 0 aliphatic rings. The van der Waals surface area contributed by atoms with Gasteiger partial charge >= 0.3 is 0 Å². The van der Waals surface area contributed by atoms with Crippen LogP contribution in [0.15, 0.2) is 12.4 Å². The number of rotatable bonds is 8. The van der Waals surface area contributed by atoms with Crippen LogP contribution < -0.4 is 5.32 Å². The maximum absolute atomic E-state index is 6.09. The molecule has 0 spiro atoms. The molecular weight excluding hydrogens is 264 g/mol. The average Bonchev–Trinajstić information content (AvgIpc) is 3.02. The van der Waals surface area contributed by atoms with Crippen LogP contribution in [-0.4, -0.2) is 31.5 Å². The second-order valence-corrected chi connectivity index (χ2v) is 4.76. The molecule has 104 valence electrons. The van der Waals surface area contributed by atoms with E-state index in [2.05, 4.69) is 32.5 Å². The number of H-pyrrole nitrogens is 1. The number of imidazole rings is 1. The van der Waals surface area contributed by atoms with Crippen LogP contribution in [-0.2, 0) is 19.5 Å². The fraction of sp³-hybridized carbons (Fsp3) is 0.583. The van der Waals surface area contributed by atoms with Gasteiger partial charge in [0.25, 0.3) is 0 Å². The largest absolute Gasteiger partial charge is 0.344 e. The summed E-state index contributed by atoms with van der Waals surface area (Å²) in [5.41, 5.74) is 0.950. The van der Waals surface area contributed by atoms with Crippen LogP contribution in [0.5, 0.6) is 0 Å². The van der Waals surface area contributed by atoms with E-state index < -0.39 is 0 Å². The van der Waals surface area contributed by atoms with Crippen molar-refractivity contribution >= 4 is 11.6 Å². The minimum atomic E-state index is 0.569. The van der Waals surface area contributed by atoms with Gasteiger partial charge < -0.3 is 10.3 Å². The van der Waals surface area contributed by atoms with E-state index in [9.17, 15) is 0 Å². The van der Waals surface area contributed by atoms with Crippen LogP contribution >= 0.6 is 11.6 Å². The molecule has 0 aromatic carbocycles. The number of hydrogen-bond donors (Lipinski definition) is 2. The van der Waals surface area contributed by atoms with Crippen LogP contribution in [0.4, 0.5) is 0 Å². The minimum absolute atomic E-state index is 0.569. The van der Waals surface area contributed by atoms with E-state index in [0.717, 1.165) is 43.9 Å². The molecule has 19 heavy (non-hydrogen) atoms. The van der Waals surface area contributed by atoms with E-state index in [1.165, 1.54) is 0 Å². The molecule has 0 atom stereocenters. The van der Waals surface area contributed by atoms with Gasteiger partial charge in [0, 0.05) is 25.7 Å². The number of aryl methyl sites for hydroxylation is 1. The number of hydrogen-bond acceptors (Lipinski definition) is 4. The topological polar surface area (TPSA) is 71.4 Å². The summed E-state index contributed by atoms with van der Waals surface area (Å²) in [7, 11) is 0. The molecule has 2 aromatic rings. The zero-order chi connectivity index (χ0) is 13.5. The van der Waals surface area contributed by atoms with Crippen LogP contribution in [0.3, 0.4) is 0 Å². The lowest BCUT2D eigenvalue weighted by molar-refractivity contribution is 0.538. The van der Waals surface area contributed by atoms with Crippen molar-refractivity contribution in [3.8, 4) is 0 Å². The second kappa shape index (κ2) is 7.25. The molecule has 0 radical (unpaired) electrons. The molecular formula is C12H19ClN6. The van der Waals surface area contributed by atoms with Crippen molar-refractivity contribution in [1.29, 1.82) is 0 Å². The molecule has 0 aliphatic heterocycles. The number of aromatic nitrogens is 5. The molecule has 6 nitrogen and oxygen atoms in total. The van der Waals surface area contributed by atoms with Crippen molar-refractivity contribution in [3.63, 3.8) is 0 Å². The predicted molar refractivity (Wildman–Crippen MR) is 73.9 cm³/mol. The van der Waals surface area contributed by atoms with Crippen molar-refractivity contribution < 1.29 is 0 Å². The Hall–Kier alpha value is -1.40. The van der Waals surface area contributed by atoms with Crippen LogP contribution in [0.25, 0.3) is 0 Å². The van der Waals surface area contributed by atoms with Gasteiger partial charge in [-0.2, -0.15) is 0 Å². The van der Waals surface area contributed by atoms with Gasteiger partial charge in [-0.05, 0) is 6.42 Å². The highest BCUT2D eigenvalue weighted by molar-refractivity contribution is 6.30. The SMILES string of the molecule is CCCCc1nc(Cl)c(CNCCn2ccnn2)[nH]1. The number of aromatic amines is 1. The Kier molecular flexibility index (Phi) is 5.35. The quantitative estimate of drug-likeness (QED) is 0.724. The van der Waals surface area contributed by atoms with Crippen LogP contribution in [0.2, 0.25) is 5.15 Å². The van der Waals surface area contributed by atoms with Crippen molar-refractivity contribution in [2.45, 2.75) is 39.3 Å². The lowest BCUT2D eigenvalue weighted by atomic mass is 10.2. The van der Waals surface area contributed by atoms with Gasteiger partial charge in [-0.1, -0.05) is 30.2 Å². The highest BCUT2D eigenvalue weighted by Crippen LogP contribution is 2.13. The van der Waals surface area contributed by atoms with Gasteiger partial charge in [0.15, 0.2) is 5.15 Å². The zero-order valence-corrected chi connectivity index (χ0v) is 11.8. The van der Waals surface area contributed by atoms with Crippen molar-refractivity contribution in [3.05, 3.63) is 29.1 Å². The first-order valence-electron chi connectivity index (χ1n) is 6.57. The Morgan fingerprint density at radius 3 is 3.11 bits per heavy atom. The van der Waals surface area contributed by atoms with Gasteiger partial charge in [-0.25, -0.2) is 4.98 Å². The molecule has 0 saturated heterocycles. The molecule has 2 aromatic heterocycles. The molecule has 0 fully saturated rings. The fourth-order valence-electron chi connectivity index (χ4n) is 1.78. The van der Waals surface area contributed by atoms with E-state index in [-0.39, 0.29) is 0 Å². The third kappa shape index (κ3) is 4.33. The Morgan fingerprint density at radius 2 is 2.37 bits per heavy atom. The molecule has 0 unspecified atom stereocenters. The van der Waals surface area contributed by atoms with Gasteiger partial charge in [-0.3, -0.25) is 4.68 Å². The van der Waals surface area contributed by atoms with Crippen molar-refractivity contribution in [2.24, 2.45) is 0 Å². The lowest BCUT2D eigenvalue weighted by Crippen LogP contribution is -2.20. The highest BCUT2D eigenvalue weighted by atomic mass is 35.5. The van der Waals surface area contributed by atoms with Gasteiger partial charge in [0.2, 0.25) is 0 Å². The second-order valence-electron chi connectivity index (χ2n) is 4.40.